The lowest BCUT2D eigenvalue weighted by atomic mass is 9.86. The number of amides is 1. The number of halogens is 2. The van der Waals surface area contributed by atoms with Crippen molar-refractivity contribution in [2.45, 2.75) is 33.6 Å². The minimum absolute atomic E-state index is 0.00441. The van der Waals surface area contributed by atoms with Crippen molar-refractivity contribution in [3.63, 3.8) is 0 Å². The summed E-state index contributed by atoms with van der Waals surface area (Å²) in [5.74, 6) is -0.00441. The number of nitrogens with one attached hydrogen (secondary N) is 1. The zero-order valence-corrected chi connectivity index (χ0v) is 11.8. The van der Waals surface area contributed by atoms with Crippen LogP contribution in [0.4, 0.5) is 5.69 Å². The second-order valence-electron chi connectivity index (χ2n) is 4.87. The molecule has 0 saturated carbocycles. The molecule has 0 saturated heterocycles. The molecule has 0 heterocycles. The zero-order chi connectivity index (χ0) is 13.1. The predicted molar refractivity (Wildman–Crippen MR) is 73.8 cm³/mol. The molecule has 1 aromatic rings. The molecule has 1 aromatic carbocycles. The first-order valence-electron chi connectivity index (χ1n) is 5.59. The van der Waals surface area contributed by atoms with Gasteiger partial charge in [-0.25, -0.2) is 0 Å². The highest BCUT2D eigenvalue weighted by Crippen LogP contribution is 2.27. The van der Waals surface area contributed by atoms with Gasteiger partial charge in [-0.3, -0.25) is 4.79 Å². The number of rotatable bonds is 4. The van der Waals surface area contributed by atoms with Crippen LogP contribution in [0.3, 0.4) is 0 Å². The maximum atomic E-state index is 11.8. The summed E-state index contributed by atoms with van der Waals surface area (Å²) in [6, 6.07) is 5.07. The van der Waals surface area contributed by atoms with Gasteiger partial charge in [0.1, 0.15) is 0 Å². The maximum Gasteiger partial charge on any atom is 0.224 e. The van der Waals surface area contributed by atoms with Gasteiger partial charge in [-0.05, 0) is 23.6 Å². The Morgan fingerprint density at radius 3 is 2.47 bits per heavy atom. The fourth-order valence-electron chi connectivity index (χ4n) is 1.34. The second-order valence-corrected chi connectivity index (χ2v) is 5.69. The van der Waals surface area contributed by atoms with E-state index < -0.39 is 0 Å². The van der Waals surface area contributed by atoms with E-state index in [1.165, 1.54) is 0 Å². The van der Waals surface area contributed by atoms with Gasteiger partial charge in [0.2, 0.25) is 5.91 Å². The Hall–Kier alpha value is -0.730. The van der Waals surface area contributed by atoms with Gasteiger partial charge in [0, 0.05) is 12.1 Å². The molecule has 0 atom stereocenters. The molecule has 0 spiro atoms. The molecule has 94 valence electrons. The number of anilines is 1. The summed E-state index contributed by atoms with van der Waals surface area (Å²) in [6.45, 7) is 6.22. The molecule has 1 amide bonds. The normalized spacial score (nSPS) is 11.4. The molecular weight excluding hydrogens is 257 g/mol. The number of hydrogen-bond acceptors (Lipinski definition) is 1. The van der Waals surface area contributed by atoms with E-state index in [2.05, 4.69) is 26.1 Å². The first kappa shape index (κ1) is 14.3. The average molecular weight is 274 g/mol. The van der Waals surface area contributed by atoms with Crippen LogP contribution in [0, 0.1) is 5.41 Å². The Labute approximate surface area is 112 Å². The quantitative estimate of drug-likeness (QED) is 0.842. The molecule has 0 aliphatic rings. The van der Waals surface area contributed by atoms with Crippen molar-refractivity contribution in [3.05, 3.63) is 28.2 Å². The minimum Gasteiger partial charge on any atom is -0.326 e. The molecule has 0 aliphatic heterocycles. The molecule has 0 bridgehead atoms. The lowest BCUT2D eigenvalue weighted by molar-refractivity contribution is -0.118. The van der Waals surface area contributed by atoms with Crippen LogP contribution in [-0.2, 0) is 4.79 Å². The fourth-order valence-corrected chi connectivity index (χ4v) is 1.64. The molecular formula is C13H17Cl2NO. The van der Waals surface area contributed by atoms with E-state index in [9.17, 15) is 4.79 Å². The lowest BCUT2D eigenvalue weighted by Crippen LogP contribution is -2.21. The van der Waals surface area contributed by atoms with Gasteiger partial charge in [0.15, 0.2) is 0 Å². The van der Waals surface area contributed by atoms with Crippen LogP contribution in [0.15, 0.2) is 18.2 Å². The highest BCUT2D eigenvalue weighted by molar-refractivity contribution is 6.42. The number of carbonyl (C=O) groups excluding carboxylic acids is 1. The Balaban J connectivity index is 2.65. The van der Waals surface area contributed by atoms with E-state index >= 15 is 0 Å². The third-order valence-electron chi connectivity index (χ3n) is 2.80. The Kier molecular flexibility index (Phi) is 4.84. The van der Waals surface area contributed by atoms with E-state index in [4.69, 9.17) is 23.2 Å². The minimum atomic E-state index is -0.00441. The predicted octanol–water partition coefficient (Wildman–Crippen LogP) is 4.76. The van der Waals surface area contributed by atoms with Crippen LogP contribution in [0.2, 0.25) is 10.0 Å². The van der Waals surface area contributed by atoms with Gasteiger partial charge in [-0.2, -0.15) is 0 Å². The summed E-state index contributed by atoms with van der Waals surface area (Å²) in [5.41, 5.74) is 0.691. The van der Waals surface area contributed by atoms with Gasteiger partial charge < -0.3 is 5.32 Å². The summed E-state index contributed by atoms with van der Waals surface area (Å²) in [5, 5.41) is 3.75. The van der Waals surface area contributed by atoms with Crippen molar-refractivity contribution in [2.24, 2.45) is 5.41 Å². The van der Waals surface area contributed by atoms with Gasteiger partial charge in [-0.15, -0.1) is 0 Å². The van der Waals surface area contributed by atoms with Crippen LogP contribution < -0.4 is 5.32 Å². The Morgan fingerprint density at radius 1 is 1.29 bits per heavy atom. The van der Waals surface area contributed by atoms with Gasteiger partial charge >= 0.3 is 0 Å². The monoisotopic (exact) mass is 273 g/mol. The Bertz CT molecular complexity index is 416. The van der Waals surface area contributed by atoms with Crippen molar-refractivity contribution in [1.82, 2.24) is 0 Å². The van der Waals surface area contributed by atoms with Crippen LogP contribution in [0.1, 0.15) is 33.6 Å². The third kappa shape index (κ3) is 4.57. The van der Waals surface area contributed by atoms with Gasteiger partial charge in [0.25, 0.3) is 0 Å². The van der Waals surface area contributed by atoms with Crippen LogP contribution in [-0.4, -0.2) is 5.91 Å². The summed E-state index contributed by atoms with van der Waals surface area (Å²) in [6.07, 6.45) is 1.45. The van der Waals surface area contributed by atoms with Crippen molar-refractivity contribution in [1.29, 1.82) is 0 Å². The lowest BCUT2D eigenvalue weighted by Gasteiger charge is -2.21. The van der Waals surface area contributed by atoms with Crippen molar-refractivity contribution in [3.8, 4) is 0 Å². The fraction of sp³-hybridized carbons (Fsp3) is 0.462. The van der Waals surface area contributed by atoms with Crippen LogP contribution in [0.5, 0.6) is 0 Å². The zero-order valence-electron chi connectivity index (χ0n) is 10.3. The molecule has 4 heteroatoms. The summed E-state index contributed by atoms with van der Waals surface area (Å²) in [7, 11) is 0. The van der Waals surface area contributed by atoms with Crippen molar-refractivity contribution >= 4 is 34.8 Å². The van der Waals surface area contributed by atoms with E-state index in [1.807, 2.05) is 0 Å². The van der Waals surface area contributed by atoms with Crippen LogP contribution in [0.25, 0.3) is 0 Å². The van der Waals surface area contributed by atoms with E-state index in [1.54, 1.807) is 18.2 Å². The number of hydrogen-bond donors (Lipinski definition) is 1. The third-order valence-corrected chi connectivity index (χ3v) is 3.54. The van der Waals surface area contributed by atoms with Crippen LogP contribution >= 0.6 is 23.2 Å². The Morgan fingerprint density at radius 2 is 1.94 bits per heavy atom. The average Bonchev–Trinajstić information content (AvgIpc) is 2.23. The number of carbonyl (C=O) groups is 1. The highest BCUT2D eigenvalue weighted by atomic mass is 35.5. The highest BCUT2D eigenvalue weighted by Gasteiger charge is 2.19. The molecule has 0 aromatic heterocycles. The first-order valence-corrected chi connectivity index (χ1v) is 6.34. The summed E-state index contributed by atoms with van der Waals surface area (Å²) in [4.78, 5) is 11.8. The molecule has 1 N–H and O–H groups in total. The molecule has 2 nitrogen and oxygen atoms in total. The van der Waals surface area contributed by atoms with E-state index in [-0.39, 0.29) is 11.3 Å². The molecule has 0 fully saturated rings. The van der Waals surface area contributed by atoms with Gasteiger partial charge in [0.05, 0.1) is 10.0 Å². The van der Waals surface area contributed by atoms with Gasteiger partial charge in [-0.1, -0.05) is 50.4 Å². The summed E-state index contributed by atoms with van der Waals surface area (Å²) >= 11 is 11.7. The molecule has 1 rings (SSSR count). The maximum absolute atomic E-state index is 11.8. The molecule has 0 radical (unpaired) electrons. The molecule has 0 unspecified atom stereocenters. The second kappa shape index (κ2) is 5.74. The molecule has 17 heavy (non-hydrogen) atoms. The van der Waals surface area contributed by atoms with Crippen molar-refractivity contribution < 1.29 is 4.79 Å². The van der Waals surface area contributed by atoms with E-state index in [0.29, 0.717) is 22.2 Å². The summed E-state index contributed by atoms with van der Waals surface area (Å²) < 4.78 is 0. The first-order chi connectivity index (χ1) is 7.84. The standard InChI is InChI=1S/C13H17Cl2NO/c1-4-13(2,3)8-12(17)16-9-5-6-10(14)11(15)7-9/h5-7H,4,8H2,1-3H3,(H,16,17). The smallest absolute Gasteiger partial charge is 0.224 e. The largest absolute Gasteiger partial charge is 0.326 e. The number of benzene rings is 1. The SMILES string of the molecule is CCC(C)(C)CC(=O)Nc1ccc(Cl)c(Cl)c1. The van der Waals surface area contributed by atoms with Crippen molar-refractivity contribution in [2.75, 3.05) is 5.32 Å². The topological polar surface area (TPSA) is 29.1 Å². The van der Waals surface area contributed by atoms with E-state index in [0.717, 1.165) is 6.42 Å². The molecule has 0 aliphatic carbocycles.